The zero-order valence-electron chi connectivity index (χ0n) is 12.9. The smallest absolute Gasteiger partial charge is 0.319 e. The maximum absolute atomic E-state index is 12.3. The number of aryl methyl sites for hydroxylation is 1. The van der Waals surface area contributed by atoms with Crippen LogP contribution in [0.2, 0.25) is 0 Å². The fourth-order valence-electron chi connectivity index (χ4n) is 2.59. The van der Waals surface area contributed by atoms with Gasteiger partial charge in [-0.3, -0.25) is 4.79 Å². The summed E-state index contributed by atoms with van der Waals surface area (Å²) in [5, 5.41) is 3.07. The SMILES string of the molecule is Cc1ccccc1C(=O)NC1CCN(C(=O)N(C)C)CC1. The van der Waals surface area contributed by atoms with E-state index in [4.69, 9.17) is 0 Å². The van der Waals surface area contributed by atoms with Crippen molar-refractivity contribution < 1.29 is 9.59 Å². The molecule has 3 amide bonds. The molecule has 1 saturated heterocycles. The van der Waals surface area contributed by atoms with E-state index in [9.17, 15) is 9.59 Å². The number of hydrogen-bond donors (Lipinski definition) is 1. The van der Waals surface area contributed by atoms with Crippen molar-refractivity contribution in [3.8, 4) is 0 Å². The fraction of sp³-hybridized carbons (Fsp3) is 0.500. The average molecular weight is 289 g/mol. The van der Waals surface area contributed by atoms with E-state index in [0.29, 0.717) is 13.1 Å². The molecule has 21 heavy (non-hydrogen) atoms. The number of benzene rings is 1. The van der Waals surface area contributed by atoms with Crippen LogP contribution in [-0.2, 0) is 0 Å². The van der Waals surface area contributed by atoms with Gasteiger partial charge in [-0.05, 0) is 31.4 Å². The minimum Gasteiger partial charge on any atom is -0.349 e. The summed E-state index contributed by atoms with van der Waals surface area (Å²) in [5.74, 6) is -0.0227. The Morgan fingerprint density at radius 3 is 2.38 bits per heavy atom. The van der Waals surface area contributed by atoms with Crippen LogP contribution >= 0.6 is 0 Å². The third-order valence-electron chi connectivity index (χ3n) is 3.87. The van der Waals surface area contributed by atoms with Gasteiger partial charge in [0.1, 0.15) is 0 Å². The number of likely N-dealkylation sites (tertiary alicyclic amines) is 1. The zero-order valence-corrected chi connectivity index (χ0v) is 12.9. The summed E-state index contributed by atoms with van der Waals surface area (Å²) in [6.45, 7) is 3.32. The predicted octanol–water partition coefficient (Wildman–Crippen LogP) is 1.87. The third-order valence-corrected chi connectivity index (χ3v) is 3.87. The van der Waals surface area contributed by atoms with Gasteiger partial charge in [0.05, 0.1) is 0 Å². The molecule has 1 heterocycles. The van der Waals surface area contributed by atoms with Crippen LogP contribution in [0.25, 0.3) is 0 Å². The van der Waals surface area contributed by atoms with Gasteiger partial charge >= 0.3 is 6.03 Å². The monoisotopic (exact) mass is 289 g/mol. The summed E-state index contributed by atoms with van der Waals surface area (Å²) in [5.41, 5.74) is 1.71. The molecule has 1 fully saturated rings. The minimum atomic E-state index is -0.0227. The van der Waals surface area contributed by atoms with Crippen LogP contribution in [0.1, 0.15) is 28.8 Å². The highest BCUT2D eigenvalue weighted by Crippen LogP contribution is 2.13. The van der Waals surface area contributed by atoms with Crippen LogP contribution in [0, 0.1) is 6.92 Å². The summed E-state index contributed by atoms with van der Waals surface area (Å²) in [7, 11) is 3.52. The molecule has 0 bridgehead atoms. The van der Waals surface area contributed by atoms with Gasteiger partial charge < -0.3 is 15.1 Å². The molecule has 114 valence electrons. The van der Waals surface area contributed by atoms with E-state index in [1.165, 1.54) is 0 Å². The van der Waals surface area contributed by atoms with Crippen LogP contribution in [0.5, 0.6) is 0 Å². The first-order chi connectivity index (χ1) is 9.99. The number of carbonyl (C=O) groups excluding carboxylic acids is 2. The molecule has 1 aliphatic rings. The molecular weight excluding hydrogens is 266 g/mol. The lowest BCUT2D eigenvalue weighted by atomic mass is 10.0. The first-order valence-corrected chi connectivity index (χ1v) is 7.31. The second-order valence-corrected chi connectivity index (χ2v) is 5.73. The number of piperidine rings is 1. The van der Waals surface area contributed by atoms with E-state index in [1.807, 2.05) is 36.1 Å². The minimum absolute atomic E-state index is 0.0227. The van der Waals surface area contributed by atoms with Crippen molar-refractivity contribution in [1.82, 2.24) is 15.1 Å². The van der Waals surface area contributed by atoms with Crippen molar-refractivity contribution in [3.05, 3.63) is 35.4 Å². The van der Waals surface area contributed by atoms with Crippen LogP contribution in [0.4, 0.5) is 4.79 Å². The molecule has 0 aliphatic carbocycles. The number of nitrogens with zero attached hydrogens (tertiary/aromatic N) is 2. The second kappa shape index (κ2) is 6.61. The number of rotatable bonds is 2. The van der Waals surface area contributed by atoms with Gasteiger partial charge in [-0.25, -0.2) is 4.79 Å². The van der Waals surface area contributed by atoms with Crippen molar-refractivity contribution in [1.29, 1.82) is 0 Å². The topological polar surface area (TPSA) is 52.7 Å². The van der Waals surface area contributed by atoms with Crippen LogP contribution < -0.4 is 5.32 Å². The van der Waals surface area contributed by atoms with Gasteiger partial charge in [0.2, 0.25) is 0 Å². The number of carbonyl (C=O) groups is 2. The molecule has 0 radical (unpaired) electrons. The molecule has 0 atom stereocenters. The summed E-state index contributed by atoms with van der Waals surface area (Å²) < 4.78 is 0. The molecule has 5 heteroatoms. The molecule has 0 spiro atoms. The van der Waals surface area contributed by atoms with Gasteiger partial charge in [0.25, 0.3) is 5.91 Å². The maximum atomic E-state index is 12.3. The van der Waals surface area contributed by atoms with Crippen molar-refractivity contribution in [2.45, 2.75) is 25.8 Å². The lowest BCUT2D eigenvalue weighted by Gasteiger charge is -2.34. The van der Waals surface area contributed by atoms with Gasteiger partial charge in [0.15, 0.2) is 0 Å². The number of urea groups is 1. The standard InChI is InChI=1S/C16H23N3O2/c1-12-6-4-5-7-14(12)15(20)17-13-8-10-19(11-9-13)16(21)18(2)3/h4-7,13H,8-11H2,1-3H3,(H,17,20). The maximum Gasteiger partial charge on any atom is 0.319 e. The van der Waals surface area contributed by atoms with Gasteiger partial charge in [-0.2, -0.15) is 0 Å². The Balaban J connectivity index is 1.88. The van der Waals surface area contributed by atoms with Crippen LogP contribution in [0.15, 0.2) is 24.3 Å². The molecule has 0 saturated carbocycles. The Morgan fingerprint density at radius 2 is 1.81 bits per heavy atom. The molecule has 0 aromatic heterocycles. The predicted molar refractivity (Wildman–Crippen MR) is 82.3 cm³/mol. The lowest BCUT2D eigenvalue weighted by Crippen LogP contribution is -2.49. The fourth-order valence-corrected chi connectivity index (χ4v) is 2.59. The molecule has 2 rings (SSSR count). The van der Waals surface area contributed by atoms with E-state index < -0.39 is 0 Å². The van der Waals surface area contributed by atoms with E-state index in [-0.39, 0.29) is 18.0 Å². The van der Waals surface area contributed by atoms with Gasteiger partial charge in [-0.1, -0.05) is 18.2 Å². The highest BCUT2D eigenvalue weighted by Gasteiger charge is 2.25. The van der Waals surface area contributed by atoms with E-state index >= 15 is 0 Å². The normalized spacial score (nSPS) is 15.7. The number of nitrogens with one attached hydrogen (secondary N) is 1. The second-order valence-electron chi connectivity index (χ2n) is 5.73. The van der Waals surface area contributed by atoms with Gasteiger partial charge in [0, 0.05) is 38.8 Å². The number of amides is 3. The molecule has 1 aliphatic heterocycles. The molecule has 1 aromatic carbocycles. The first kappa shape index (κ1) is 15.4. The van der Waals surface area contributed by atoms with Crippen molar-refractivity contribution in [3.63, 3.8) is 0 Å². The zero-order chi connectivity index (χ0) is 15.4. The highest BCUT2D eigenvalue weighted by molar-refractivity contribution is 5.95. The molecule has 1 aromatic rings. The number of hydrogen-bond acceptors (Lipinski definition) is 2. The van der Waals surface area contributed by atoms with Crippen molar-refractivity contribution in [2.75, 3.05) is 27.2 Å². The quantitative estimate of drug-likeness (QED) is 0.903. The third kappa shape index (κ3) is 3.74. The Kier molecular flexibility index (Phi) is 4.83. The Hall–Kier alpha value is -2.04. The van der Waals surface area contributed by atoms with Crippen molar-refractivity contribution in [2.24, 2.45) is 0 Å². The molecular formula is C16H23N3O2. The molecule has 0 unspecified atom stereocenters. The van der Waals surface area contributed by atoms with Crippen LogP contribution in [-0.4, -0.2) is 55.0 Å². The van der Waals surface area contributed by atoms with E-state index in [0.717, 1.165) is 24.0 Å². The molecule has 5 nitrogen and oxygen atoms in total. The Bertz CT molecular complexity index is 520. The summed E-state index contributed by atoms with van der Waals surface area (Å²) >= 11 is 0. The first-order valence-electron chi connectivity index (χ1n) is 7.31. The summed E-state index contributed by atoms with van der Waals surface area (Å²) in [4.78, 5) is 27.5. The highest BCUT2D eigenvalue weighted by atomic mass is 16.2. The van der Waals surface area contributed by atoms with E-state index in [2.05, 4.69) is 5.32 Å². The van der Waals surface area contributed by atoms with E-state index in [1.54, 1.807) is 19.0 Å². The van der Waals surface area contributed by atoms with Crippen molar-refractivity contribution >= 4 is 11.9 Å². The summed E-state index contributed by atoms with van der Waals surface area (Å²) in [6, 6.07) is 7.77. The Labute approximate surface area is 125 Å². The Morgan fingerprint density at radius 1 is 1.19 bits per heavy atom. The lowest BCUT2D eigenvalue weighted by molar-refractivity contribution is 0.0913. The summed E-state index contributed by atoms with van der Waals surface area (Å²) in [6.07, 6.45) is 1.61. The van der Waals surface area contributed by atoms with Gasteiger partial charge in [-0.15, -0.1) is 0 Å². The average Bonchev–Trinajstić information content (AvgIpc) is 2.47. The van der Waals surface area contributed by atoms with Crippen LogP contribution in [0.3, 0.4) is 0 Å². The molecule has 1 N–H and O–H groups in total. The largest absolute Gasteiger partial charge is 0.349 e.